The standard InChI is InChI=1S/C16H18ClN3O/c1-16(2)8-7-12(10-5-3-4-6-11(10)16)19-13-9-18-20-15(21)14(13)17/h3-6,9,12H,7-8H2,1-2H3,(H2,19,20,21)/t12-/m0/s1. The van der Waals surface area contributed by atoms with Crippen LogP contribution < -0.4 is 10.9 Å². The van der Waals surface area contributed by atoms with Crippen LogP contribution in [0.15, 0.2) is 35.3 Å². The van der Waals surface area contributed by atoms with Gasteiger partial charge < -0.3 is 5.32 Å². The fraction of sp³-hybridized carbons (Fsp3) is 0.375. The fourth-order valence-corrected chi connectivity index (χ4v) is 3.18. The van der Waals surface area contributed by atoms with Crippen LogP contribution in [0.4, 0.5) is 5.69 Å². The van der Waals surface area contributed by atoms with Crippen LogP contribution in [-0.2, 0) is 5.41 Å². The van der Waals surface area contributed by atoms with E-state index in [-0.39, 0.29) is 22.0 Å². The highest BCUT2D eigenvalue weighted by atomic mass is 35.5. The molecule has 0 radical (unpaired) electrons. The molecule has 1 aliphatic carbocycles. The van der Waals surface area contributed by atoms with Crippen LogP contribution in [0.5, 0.6) is 0 Å². The lowest BCUT2D eigenvalue weighted by Crippen LogP contribution is -2.29. The normalized spacial score (nSPS) is 19.9. The van der Waals surface area contributed by atoms with Crippen molar-refractivity contribution in [3.8, 4) is 0 Å². The number of hydrogen-bond acceptors (Lipinski definition) is 3. The second kappa shape index (κ2) is 5.19. The van der Waals surface area contributed by atoms with E-state index in [0.717, 1.165) is 12.8 Å². The molecule has 2 aromatic rings. The third-order valence-corrected chi connectivity index (χ3v) is 4.62. The summed E-state index contributed by atoms with van der Waals surface area (Å²) in [5.41, 5.74) is 3.00. The molecule has 1 heterocycles. The van der Waals surface area contributed by atoms with E-state index < -0.39 is 0 Å². The molecule has 0 aliphatic heterocycles. The van der Waals surface area contributed by atoms with E-state index in [1.54, 1.807) is 6.20 Å². The van der Waals surface area contributed by atoms with Gasteiger partial charge in [0.05, 0.1) is 17.9 Å². The van der Waals surface area contributed by atoms with Gasteiger partial charge >= 0.3 is 0 Å². The Labute approximate surface area is 128 Å². The topological polar surface area (TPSA) is 57.8 Å². The average Bonchev–Trinajstić information content (AvgIpc) is 2.47. The molecule has 5 heteroatoms. The first kappa shape index (κ1) is 14.1. The number of benzene rings is 1. The van der Waals surface area contributed by atoms with Crippen molar-refractivity contribution in [1.82, 2.24) is 10.2 Å². The Kier molecular flexibility index (Phi) is 3.49. The molecule has 1 aromatic heterocycles. The lowest BCUT2D eigenvalue weighted by molar-refractivity contribution is 0.406. The maximum atomic E-state index is 11.5. The van der Waals surface area contributed by atoms with Gasteiger partial charge in [0, 0.05) is 0 Å². The highest BCUT2D eigenvalue weighted by Crippen LogP contribution is 2.42. The molecule has 0 spiro atoms. The zero-order valence-electron chi connectivity index (χ0n) is 12.1. The van der Waals surface area contributed by atoms with Gasteiger partial charge in [-0.1, -0.05) is 49.7 Å². The molecular weight excluding hydrogens is 286 g/mol. The average molecular weight is 304 g/mol. The molecule has 1 atom stereocenters. The molecule has 0 fully saturated rings. The van der Waals surface area contributed by atoms with E-state index in [0.29, 0.717) is 5.69 Å². The minimum atomic E-state index is -0.369. The first-order valence-corrected chi connectivity index (χ1v) is 7.46. The highest BCUT2D eigenvalue weighted by Gasteiger charge is 2.32. The summed E-state index contributed by atoms with van der Waals surface area (Å²) in [6.07, 6.45) is 3.63. The van der Waals surface area contributed by atoms with Crippen molar-refractivity contribution in [2.24, 2.45) is 0 Å². The van der Waals surface area contributed by atoms with Gasteiger partial charge in [-0.25, -0.2) is 5.10 Å². The van der Waals surface area contributed by atoms with Gasteiger partial charge in [-0.15, -0.1) is 0 Å². The van der Waals surface area contributed by atoms with Crippen molar-refractivity contribution in [3.63, 3.8) is 0 Å². The molecule has 0 saturated heterocycles. The van der Waals surface area contributed by atoms with Crippen LogP contribution in [0.25, 0.3) is 0 Å². The second-order valence-electron chi connectivity index (χ2n) is 6.13. The Balaban J connectivity index is 1.98. The predicted octanol–water partition coefficient (Wildman–Crippen LogP) is 3.65. The fourth-order valence-electron chi connectivity index (χ4n) is 3.03. The van der Waals surface area contributed by atoms with Crippen molar-refractivity contribution < 1.29 is 0 Å². The van der Waals surface area contributed by atoms with Gasteiger partial charge in [-0.3, -0.25) is 4.79 Å². The smallest absolute Gasteiger partial charge is 0.285 e. The predicted molar refractivity (Wildman–Crippen MR) is 84.9 cm³/mol. The largest absolute Gasteiger partial charge is 0.376 e. The maximum absolute atomic E-state index is 11.5. The van der Waals surface area contributed by atoms with Crippen molar-refractivity contribution in [3.05, 3.63) is 57.0 Å². The summed E-state index contributed by atoms with van der Waals surface area (Å²) in [5.74, 6) is 0. The molecule has 1 aliphatic rings. The van der Waals surface area contributed by atoms with E-state index in [4.69, 9.17) is 11.6 Å². The Bertz CT molecular complexity index is 723. The number of aromatic nitrogens is 2. The summed E-state index contributed by atoms with van der Waals surface area (Å²) >= 11 is 6.05. The van der Waals surface area contributed by atoms with Crippen LogP contribution in [-0.4, -0.2) is 10.2 Å². The number of H-pyrrole nitrogens is 1. The van der Waals surface area contributed by atoms with Gasteiger partial charge in [0.1, 0.15) is 5.02 Å². The summed E-state index contributed by atoms with van der Waals surface area (Å²) in [7, 11) is 0. The van der Waals surface area contributed by atoms with Crippen LogP contribution in [0.1, 0.15) is 43.9 Å². The van der Waals surface area contributed by atoms with Crippen molar-refractivity contribution >= 4 is 17.3 Å². The third-order valence-electron chi connectivity index (χ3n) is 4.25. The third kappa shape index (κ3) is 2.56. The number of nitrogens with zero attached hydrogens (tertiary/aromatic N) is 1. The first-order valence-electron chi connectivity index (χ1n) is 7.08. The lowest BCUT2D eigenvalue weighted by atomic mass is 9.71. The number of fused-ring (bicyclic) bond motifs is 1. The molecule has 21 heavy (non-hydrogen) atoms. The molecule has 0 bridgehead atoms. The molecule has 110 valence electrons. The summed E-state index contributed by atoms with van der Waals surface area (Å²) in [6.45, 7) is 4.54. The summed E-state index contributed by atoms with van der Waals surface area (Å²) in [4.78, 5) is 11.5. The minimum absolute atomic E-state index is 0.148. The van der Waals surface area contributed by atoms with Crippen molar-refractivity contribution in [2.45, 2.75) is 38.1 Å². The number of anilines is 1. The molecule has 0 amide bonds. The van der Waals surface area contributed by atoms with Gasteiger partial charge in [-0.2, -0.15) is 5.10 Å². The van der Waals surface area contributed by atoms with E-state index in [1.807, 2.05) is 6.07 Å². The van der Waals surface area contributed by atoms with E-state index >= 15 is 0 Å². The molecule has 3 rings (SSSR count). The van der Waals surface area contributed by atoms with Crippen LogP contribution in [0, 0.1) is 0 Å². The molecule has 0 saturated carbocycles. The van der Waals surface area contributed by atoms with E-state index in [1.165, 1.54) is 11.1 Å². The molecule has 2 N–H and O–H groups in total. The van der Waals surface area contributed by atoms with E-state index in [9.17, 15) is 4.79 Å². The zero-order valence-corrected chi connectivity index (χ0v) is 12.9. The Morgan fingerprint density at radius 2 is 2.14 bits per heavy atom. The molecule has 0 unspecified atom stereocenters. The Morgan fingerprint density at radius 3 is 2.95 bits per heavy atom. The van der Waals surface area contributed by atoms with Gasteiger partial charge in [-0.05, 0) is 29.4 Å². The number of nitrogens with one attached hydrogen (secondary N) is 2. The zero-order chi connectivity index (χ0) is 15.0. The van der Waals surface area contributed by atoms with Crippen LogP contribution in [0.3, 0.4) is 0 Å². The van der Waals surface area contributed by atoms with Crippen molar-refractivity contribution in [1.29, 1.82) is 0 Å². The van der Waals surface area contributed by atoms with Crippen molar-refractivity contribution in [2.75, 3.05) is 5.32 Å². The number of halogens is 1. The van der Waals surface area contributed by atoms with Gasteiger partial charge in [0.25, 0.3) is 5.56 Å². The SMILES string of the molecule is CC1(C)CC[C@H](Nc2cn[nH]c(=O)c2Cl)c2ccccc21. The number of aromatic amines is 1. The second-order valence-corrected chi connectivity index (χ2v) is 6.51. The van der Waals surface area contributed by atoms with Crippen LogP contribution >= 0.6 is 11.6 Å². The Hall–Kier alpha value is -1.81. The highest BCUT2D eigenvalue weighted by molar-refractivity contribution is 6.32. The van der Waals surface area contributed by atoms with Crippen LogP contribution in [0.2, 0.25) is 5.02 Å². The van der Waals surface area contributed by atoms with Gasteiger partial charge in [0.2, 0.25) is 0 Å². The number of rotatable bonds is 2. The van der Waals surface area contributed by atoms with Gasteiger partial charge in [0.15, 0.2) is 0 Å². The lowest BCUT2D eigenvalue weighted by Gasteiger charge is -2.37. The monoisotopic (exact) mass is 303 g/mol. The van der Waals surface area contributed by atoms with E-state index in [2.05, 4.69) is 47.6 Å². The first-order chi connectivity index (χ1) is 9.99. The molecular formula is C16H18ClN3O. The Morgan fingerprint density at radius 1 is 1.38 bits per heavy atom. The number of hydrogen-bond donors (Lipinski definition) is 2. The quantitative estimate of drug-likeness (QED) is 0.890. The summed E-state index contributed by atoms with van der Waals surface area (Å²) in [6, 6.07) is 8.59. The summed E-state index contributed by atoms with van der Waals surface area (Å²) < 4.78 is 0. The summed E-state index contributed by atoms with van der Waals surface area (Å²) in [5, 5.41) is 9.67. The molecule has 4 nitrogen and oxygen atoms in total. The molecule has 1 aromatic carbocycles. The minimum Gasteiger partial charge on any atom is -0.376 e. The maximum Gasteiger partial charge on any atom is 0.285 e.